The SMILES string of the molecule is N#C/C=C/[C@H](OC1CCCCO1)c1ccccc1. The van der Waals surface area contributed by atoms with Gasteiger partial charge in [-0.25, -0.2) is 0 Å². The summed E-state index contributed by atoms with van der Waals surface area (Å²) < 4.78 is 11.5. The minimum Gasteiger partial charge on any atom is -0.353 e. The largest absolute Gasteiger partial charge is 0.353 e. The third-order valence-electron chi connectivity index (χ3n) is 2.91. The Bertz CT molecular complexity index is 416. The smallest absolute Gasteiger partial charge is 0.158 e. The van der Waals surface area contributed by atoms with Gasteiger partial charge in [-0.05, 0) is 30.9 Å². The van der Waals surface area contributed by atoms with E-state index in [4.69, 9.17) is 14.7 Å². The molecule has 1 heterocycles. The first kappa shape index (κ1) is 12.8. The van der Waals surface area contributed by atoms with Gasteiger partial charge in [0.05, 0.1) is 6.07 Å². The van der Waals surface area contributed by atoms with Crippen molar-refractivity contribution in [1.82, 2.24) is 0 Å². The highest BCUT2D eigenvalue weighted by Crippen LogP contribution is 2.24. The van der Waals surface area contributed by atoms with Crippen molar-refractivity contribution in [2.75, 3.05) is 6.61 Å². The van der Waals surface area contributed by atoms with Crippen LogP contribution in [-0.2, 0) is 9.47 Å². The summed E-state index contributed by atoms with van der Waals surface area (Å²) in [4.78, 5) is 0. The molecule has 94 valence electrons. The number of nitrogens with zero attached hydrogens (tertiary/aromatic N) is 1. The molecule has 1 aliphatic heterocycles. The van der Waals surface area contributed by atoms with Crippen molar-refractivity contribution in [1.29, 1.82) is 5.26 Å². The molecule has 2 atom stereocenters. The fourth-order valence-electron chi connectivity index (χ4n) is 1.99. The summed E-state index contributed by atoms with van der Waals surface area (Å²) in [5, 5.41) is 8.64. The molecule has 0 spiro atoms. The quantitative estimate of drug-likeness (QED) is 0.761. The Morgan fingerprint density at radius 2 is 2.17 bits per heavy atom. The Hall–Kier alpha value is -1.63. The second-order valence-electron chi connectivity index (χ2n) is 4.25. The fraction of sp³-hybridized carbons (Fsp3) is 0.400. The van der Waals surface area contributed by atoms with Gasteiger partial charge in [0.25, 0.3) is 0 Å². The van der Waals surface area contributed by atoms with Crippen molar-refractivity contribution >= 4 is 0 Å². The lowest BCUT2D eigenvalue weighted by atomic mass is 10.1. The van der Waals surface area contributed by atoms with E-state index in [1.807, 2.05) is 36.4 Å². The molecule has 1 aliphatic rings. The van der Waals surface area contributed by atoms with Gasteiger partial charge in [0.15, 0.2) is 6.29 Å². The highest BCUT2D eigenvalue weighted by atomic mass is 16.7. The van der Waals surface area contributed by atoms with Crippen LogP contribution in [0.5, 0.6) is 0 Å². The van der Waals surface area contributed by atoms with Crippen molar-refractivity contribution in [2.45, 2.75) is 31.7 Å². The zero-order chi connectivity index (χ0) is 12.6. The fourth-order valence-corrected chi connectivity index (χ4v) is 1.99. The lowest BCUT2D eigenvalue weighted by molar-refractivity contribution is -0.180. The normalized spacial score (nSPS) is 21.6. The van der Waals surface area contributed by atoms with E-state index in [9.17, 15) is 0 Å². The van der Waals surface area contributed by atoms with E-state index in [0.29, 0.717) is 0 Å². The minimum absolute atomic E-state index is 0.160. The van der Waals surface area contributed by atoms with Gasteiger partial charge in [-0.1, -0.05) is 30.3 Å². The van der Waals surface area contributed by atoms with Crippen LogP contribution in [0.3, 0.4) is 0 Å². The van der Waals surface area contributed by atoms with Gasteiger partial charge in [-0.2, -0.15) is 5.26 Å². The number of hydrogen-bond acceptors (Lipinski definition) is 3. The maximum atomic E-state index is 8.64. The number of rotatable bonds is 4. The first-order valence-electron chi connectivity index (χ1n) is 6.28. The maximum absolute atomic E-state index is 8.64. The van der Waals surface area contributed by atoms with Crippen molar-refractivity contribution in [3.63, 3.8) is 0 Å². The number of allylic oxidation sites excluding steroid dienone is 1. The van der Waals surface area contributed by atoms with Crippen LogP contribution < -0.4 is 0 Å². The molecule has 2 rings (SSSR count). The molecule has 1 saturated heterocycles. The van der Waals surface area contributed by atoms with Gasteiger partial charge in [-0.3, -0.25) is 0 Å². The zero-order valence-electron chi connectivity index (χ0n) is 10.3. The predicted octanol–water partition coefficient (Wildman–Crippen LogP) is 3.35. The topological polar surface area (TPSA) is 42.2 Å². The summed E-state index contributed by atoms with van der Waals surface area (Å²) in [5.74, 6) is 0. The summed E-state index contributed by atoms with van der Waals surface area (Å²) in [7, 11) is 0. The Morgan fingerprint density at radius 3 is 2.83 bits per heavy atom. The van der Waals surface area contributed by atoms with E-state index in [0.717, 1.165) is 31.4 Å². The second kappa shape index (κ2) is 6.95. The monoisotopic (exact) mass is 243 g/mol. The van der Waals surface area contributed by atoms with Crippen LogP contribution in [0, 0.1) is 11.3 Å². The molecule has 0 aliphatic carbocycles. The predicted molar refractivity (Wildman–Crippen MR) is 68.6 cm³/mol. The van der Waals surface area contributed by atoms with Gasteiger partial charge in [0, 0.05) is 12.7 Å². The van der Waals surface area contributed by atoms with E-state index >= 15 is 0 Å². The molecule has 0 amide bonds. The molecule has 18 heavy (non-hydrogen) atoms. The highest BCUT2D eigenvalue weighted by molar-refractivity contribution is 5.23. The molecule has 0 bridgehead atoms. The van der Waals surface area contributed by atoms with Crippen molar-refractivity contribution in [3.8, 4) is 6.07 Å². The molecule has 1 aromatic rings. The van der Waals surface area contributed by atoms with Crippen LogP contribution in [0.25, 0.3) is 0 Å². The van der Waals surface area contributed by atoms with Gasteiger partial charge >= 0.3 is 0 Å². The van der Waals surface area contributed by atoms with E-state index in [1.165, 1.54) is 6.08 Å². The molecule has 0 N–H and O–H groups in total. The average Bonchev–Trinajstić information content (AvgIpc) is 2.45. The highest BCUT2D eigenvalue weighted by Gasteiger charge is 2.19. The standard InChI is InChI=1S/C15H17NO2/c16-11-6-9-14(13-7-2-1-3-8-13)18-15-10-4-5-12-17-15/h1-3,6-9,14-15H,4-5,10,12H2/b9-6+/t14-,15?/m0/s1. The molecule has 1 fully saturated rings. The summed E-state index contributed by atoms with van der Waals surface area (Å²) in [6, 6.07) is 11.9. The number of nitriles is 1. The van der Waals surface area contributed by atoms with Crippen molar-refractivity contribution in [3.05, 3.63) is 48.0 Å². The summed E-state index contributed by atoms with van der Waals surface area (Å²) in [6.45, 7) is 0.758. The molecular formula is C15H17NO2. The molecule has 1 aromatic carbocycles. The summed E-state index contributed by atoms with van der Waals surface area (Å²) >= 11 is 0. The number of ether oxygens (including phenoxy) is 2. The first-order valence-corrected chi connectivity index (χ1v) is 6.28. The van der Waals surface area contributed by atoms with Gasteiger partial charge in [0.2, 0.25) is 0 Å². The third-order valence-corrected chi connectivity index (χ3v) is 2.91. The number of benzene rings is 1. The maximum Gasteiger partial charge on any atom is 0.158 e. The van der Waals surface area contributed by atoms with Crippen LogP contribution in [0.1, 0.15) is 30.9 Å². The molecule has 0 aromatic heterocycles. The Balaban J connectivity index is 2.05. The van der Waals surface area contributed by atoms with Gasteiger partial charge in [-0.15, -0.1) is 0 Å². The van der Waals surface area contributed by atoms with Crippen molar-refractivity contribution in [2.24, 2.45) is 0 Å². The molecular weight excluding hydrogens is 226 g/mol. The van der Waals surface area contributed by atoms with Crippen LogP contribution in [0.4, 0.5) is 0 Å². The van der Waals surface area contributed by atoms with Crippen LogP contribution >= 0.6 is 0 Å². The average molecular weight is 243 g/mol. The Labute approximate surface area is 108 Å². The third kappa shape index (κ3) is 3.69. The van der Waals surface area contributed by atoms with E-state index < -0.39 is 0 Å². The van der Waals surface area contributed by atoms with E-state index in [-0.39, 0.29) is 12.4 Å². The molecule has 1 unspecified atom stereocenters. The molecule has 3 heteroatoms. The Kier molecular flexibility index (Phi) is 4.95. The Morgan fingerprint density at radius 1 is 1.33 bits per heavy atom. The van der Waals surface area contributed by atoms with Gasteiger partial charge in [0.1, 0.15) is 6.10 Å². The lowest BCUT2D eigenvalue weighted by Gasteiger charge is -2.26. The van der Waals surface area contributed by atoms with E-state index in [2.05, 4.69) is 0 Å². The van der Waals surface area contributed by atoms with Crippen LogP contribution in [0.15, 0.2) is 42.5 Å². The van der Waals surface area contributed by atoms with Crippen LogP contribution in [0.2, 0.25) is 0 Å². The summed E-state index contributed by atoms with van der Waals surface area (Å²) in [6.07, 6.45) is 6.01. The van der Waals surface area contributed by atoms with Crippen LogP contribution in [-0.4, -0.2) is 12.9 Å². The molecule has 3 nitrogen and oxygen atoms in total. The minimum atomic E-state index is -0.214. The zero-order valence-corrected chi connectivity index (χ0v) is 10.3. The van der Waals surface area contributed by atoms with E-state index in [1.54, 1.807) is 6.08 Å². The second-order valence-corrected chi connectivity index (χ2v) is 4.25. The summed E-state index contributed by atoms with van der Waals surface area (Å²) in [5.41, 5.74) is 1.04. The van der Waals surface area contributed by atoms with Crippen molar-refractivity contribution < 1.29 is 9.47 Å². The number of hydrogen-bond donors (Lipinski definition) is 0. The first-order chi connectivity index (χ1) is 8.90. The lowest BCUT2D eigenvalue weighted by Crippen LogP contribution is -2.23. The molecule has 0 radical (unpaired) electrons. The van der Waals surface area contributed by atoms with Gasteiger partial charge < -0.3 is 9.47 Å². The molecule has 0 saturated carbocycles.